The topological polar surface area (TPSA) is 85.2 Å². The fraction of sp³-hybridized carbons (Fsp3) is 0.412. The van der Waals surface area contributed by atoms with Gasteiger partial charge in [0.2, 0.25) is 0 Å². The number of hydrogen-bond donors (Lipinski definition) is 1. The van der Waals surface area contributed by atoms with Crippen LogP contribution in [0.2, 0.25) is 0 Å². The van der Waals surface area contributed by atoms with Crippen LogP contribution in [-0.2, 0) is 7.05 Å². The molecule has 1 aromatic carbocycles. The Balaban J connectivity index is 1.60. The second kappa shape index (κ2) is 7.87. The summed E-state index contributed by atoms with van der Waals surface area (Å²) in [6.07, 6.45) is -2.11. The summed E-state index contributed by atoms with van der Waals surface area (Å²) in [7, 11) is 1.63. The van der Waals surface area contributed by atoms with E-state index in [1.807, 2.05) is 13.0 Å². The van der Waals surface area contributed by atoms with Crippen molar-refractivity contribution in [2.45, 2.75) is 19.7 Å². The highest BCUT2D eigenvalue weighted by Gasteiger charge is 2.31. The first kappa shape index (κ1) is 19.6. The highest BCUT2D eigenvalue weighted by Crippen LogP contribution is 2.27. The SMILES string of the molecule is CC1CN(C(=O)Nc2nnnn2C)CCC1=Cc1ccc(OC(F)(F)F)cc1. The van der Waals surface area contributed by atoms with E-state index < -0.39 is 6.36 Å². The lowest BCUT2D eigenvalue weighted by Crippen LogP contribution is -2.42. The minimum Gasteiger partial charge on any atom is -0.406 e. The normalized spacial score (nSPS) is 19.0. The number of ether oxygens (including phenoxy) is 1. The molecule has 150 valence electrons. The van der Waals surface area contributed by atoms with Crippen molar-refractivity contribution in [2.24, 2.45) is 13.0 Å². The summed E-state index contributed by atoms with van der Waals surface area (Å²) in [6.45, 7) is 3.02. The molecule has 1 aromatic heterocycles. The zero-order chi connectivity index (χ0) is 20.3. The number of alkyl halides is 3. The van der Waals surface area contributed by atoms with E-state index in [1.165, 1.54) is 16.8 Å². The van der Waals surface area contributed by atoms with Crippen LogP contribution < -0.4 is 10.1 Å². The van der Waals surface area contributed by atoms with Gasteiger partial charge in [0.1, 0.15) is 5.75 Å². The molecule has 2 heterocycles. The zero-order valence-corrected chi connectivity index (χ0v) is 15.3. The Morgan fingerprint density at radius 3 is 2.61 bits per heavy atom. The third-order valence-corrected chi connectivity index (χ3v) is 4.39. The Bertz CT molecular complexity index is 863. The molecule has 2 amide bonds. The number of nitrogens with zero attached hydrogens (tertiary/aromatic N) is 5. The van der Waals surface area contributed by atoms with E-state index >= 15 is 0 Å². The van der Waals surface area contributed by atoms with E-state index in [0.29, 0.717) is 19.5 Å². The number of amides is 2. The van der Waals surface area contributed by atoms with Crippen LogP contribution in [0.5, 0.6) is 5.75 Å². The molecule has 11 heteroatoms. The van der Waals surface area contributed by atoms with Gasteiger partial charge >= 0.3 is 12.4 Å². The van der Waals surface area contributed by atoms with Crippen molar-refractivity contribution in [2.75, 3.05) is 18.4 Å². The van der Waals surface area contributed by atoms with Crippen LogP contribution in [0.4, 0.5) is 23.9 Å². The molecule has 2 aromatic rings. The highest BCUT2D eigenvalue weighted by atomic mass is 19.4. The molecule has 0 aliphatic carbocycles. The Kier molecular flexibility index (Phi) is 5.52. The van der Waals surface area contributed by atoms with E-state index in [-0.39, 0.29) is 23.6 Å². The lowest BCUT2D eigenvalue weighted by Gasteiger charge is -2.33. The summed E-state index contributed by atoms with van der Waals surface area (Å²) in [6, 6.07) is 5.42. The Labute approximate surface area is 159 Å². The molecular weight excluding hydrogens is 377 g/mol. The van der Waals surface area contributed by atoms with Gasteiger partial charge in [-0.1, -0.05) is 35.8 Å². The van der Waals surface area contributed by atoms with Crippen molar-refractivity contribution in [3.05, 3.63) is 35.4 Å². The lowest BCUT2D eigenvalue weighted by molar-refractivity contribution is -0.274. The monoisotopic (exact) mass is 396 g/mol. The Hall–Kier alpha value is -3.11. The van der Waals surface area contributed by atoms with Crippen LogP contribution in [0.3, 0.4) is 0 Å². The van der Waals surface area contributed by atoms with E-state index in [1.54, 1.807) is 24.1 Å². The number of aryl methyl sites for hydroxylation is 1. The first-order valence-corrected chi connectivity index (χ1v) is 8.56. The second-order valence-electron chi connectivity index (χ2n) is 6.49. The average molecular weight is 396 g/mol. The molecule has 1 fully saturated rings. The fourth-order valence-electron chi connectivity index (χ4n) is 2.94. The van der Waals surface area contributed by atoms with Crippen molar-refractivity contribution < 1.29 is 22.7 Å². The largest absolute Gasteiger partial charge is 0.573 e. The number of carbonyl (C=O) groups excluding carboxylic acids is 1. The second-order valence-corrected chi connectivity index (χ2v) is 6.49. The standard InChI is InChI=1S/C17H19F3N6O2/c1-11-10-26(16(27)21-15-22-23-24-25(15)2)8-7-13(11)9-12-3-5-14(6-4-12)28-17(18,19)20/h3-6,9,11H,7-8,10H2,1-2H3,(H,21,22,24,27). The third kappa shape index (κ3) is 4.99. The number of anilines is 1. The smallest absolute Gasteiger partial charge is 0.406 e. The van der Waals surface area contributed by atoms with Crippen LogP contribution in [0, 0.1) is 5.92 Å². The first-order valence-electron chi connectivity index (χ1n) is 8.56. The number of likely N-dealkylation sites (tertiary alicyclic amines) is 1. The van der Waals surface area contributed by atoms with Gasteiger partial charge in [-0.3, -0.25) is 5.32 Å². The number of tetrazole rings is 1. The molecule has 8 nitrogen and oxygen atoms in total. The summed E-state index contributed by atoms with van der Waals surface area (Å²) in [4.78, 5) is 14.0. The van der Waals surface area contributed by atoms with Gasteiger partial charge in [-0.2, -0.15) is 0 Å². The minimum atomic E-state index is -4.71. The summed E-state index contributed by atoms with van der Waals surface area (Å²) in [5.74, 6) is 0.107. The van der Waals surface area contributed by atoms with Crippen molar-refractivity contribution in [1.82, 2.24) is 25.1 Å². The molecular formula is C17H19F3N6O2. The number of urea groups is 1. The summed E-state index contributed by atoms with van der Waals surface area (Å²) in [5, 5.41) is 13.5. The molecule has 3 rings (SSSR count). The molecule has 1 N–H and O–H groups in total. The predicted molar refractivity (Wildman–Crippen MR) is 94.3 cm³/mol. The zero-order valence-electron chi connectivity index (χ0n) is 15.3. The Morgan fingerprint density at radius 1 is 1.32 bits per heavy atom. The van der Waals surface area contributed by atoms with Crippen LogP contribution >= 0.6 is 0 Å². The number of aromatic nitrogens is 4. The quantitative estimate of drug-likeness (QED) is 0.862. The van der Waals surface area contributed by atoms with Crippen molar-refractivity contribution in [3.8, 4) is 5.75 Å². The van der Waals surface area contributed by atoms with Crippen LogP contribution in [0.15, 0.2) is 29.8 Å². The summed E-state index contributed by atoms with van der Waals surface area (Å²) < 4.78 is 41.9. The van der Waals surface area contributed by atoms with E-state index in [9.17, 15) is 18.0 Å². The van der Waals surface area contributed by atoms with Gasteiger partial charge in [0.15, 0.2) is 0 Å². The number of nitrogens with one attached hydrogen (secondary N) is 1. The van der Waals surface area contributed by atoms with Gasteiger partial charge < -0.3 is 9.64 Å². The third-order valence-electron chi connectivity index (χ3n) is 4.39. The van der Waals surface area contributed by atoms with Gasteiger partial charge in [0.05, 0.1) is 0 Å². The van der Waals surface area contributed by atoms with Gasteiger partial charge in [-0.05, 0) is 40.5 Å². The van der Waals surface area contributed by atoms with E-state index in [2.05, 4.69) is 25.6 Å². The molecule has 1 unspecified atom stereocenters. The minimum absolute atomic E-state index is 0.100. The fourth-order valence-corrected chi connectivity index (χ4v) is 2.94. The highest BCUT2D eigenvalue weighted by molar-refractivity contribution is 5.87. The number of rotatable bonds is 3. The van der Waals surface area contributed by atoms with Gasteiger partial charge in [-0.15, -0.1) is 13.2 Å². The Morgan fingerprint density at radius 2 is 2.04 bits per heavy atom. The maximum Gasteiger partial charge on any atom is 0.573 e. The molecule has 1 aliphatic rings. The van der Waals surface area contributed by atoms with Crippen molar-refractivity contribution in [3.63, 3.8) is 0 Å². The molecule has 0 bridgehead atoms. The molecule has 0 spiro atoms. The molecule has 1 atom stereocenters. The van der Waals surface area contributed by atoms with Crippen LogP contribution in [-0.4, -0.2) is 50.6 Å². The summed E-state index contributed by atoms with van der Waals surface area (Å²) >= 11 is 0. The van der Waals surface area contributed by atoms with E-state index in [4.69, 9.17) is 0 Å². The number of halogens is 3. The van der Waals surface area contributed by atoms with Crippen molar-refractivity contribution >= 4 is 18.1 Å². The molecule has 1 aliphatic heterocycles. The van der Waals surface area contributed by atoms with Gasteiger partial charge in [0, 0.05) is 20.1 Å². The van der Waals surface area contributed by atoms with E-state index in [0.717, 1.165) is 11.1 Å². The predicted octanol–water partition coefficient (Wildman–Crippen LogP) is 3.07. The van der Waals surface area contributed by atoms with Crippen LogP contribution in [0.1, 0.15) is 18.9 Å². The number of benzene rings is 1. The maximum atomic E-state index is 12.4. The maximum absolute atomic E-state index is 12.4. The van der Waals surface area contributed by atoms with Gasteiger partial charge in [0.25, 0.3) is 5.95 Å². The molecule has 0 saturated carbocycles. The first-order chi connectivity index (χ1) is 13.2. The molecule has 28 heavy (non-hydrogen) atoms. The van der Waals surface area contributed by atoms with Crippen molar-refractivity contribution in [1.29, 1.82) is 0 Å². The van der Waals surface area contributed by atoms with Crippen LogP contribution in [0.25, 0.3) is 6.08 Å². The number of piperidine rings is 1. The molecule has 1 saturated heterocycles. The number of hydrogen-bond acceptors (Lipinski definition) is 5. The number of carbonyl (C=O) groups is 1. The van der Waals surface area contributed by atoms with Gasteiger partial charge in [-0.25, -0.2) is 9.48 Å². The lowest BCUT2D eigenvalue weighted by atomic mass is 9.91. The average Bonchev–Trinajstić information content (AvgIpc) is 3.02. The summed E-state index contributed by atoms with van der Waals surface area (Å²) in [5.41, 5.74) is 1.90. The molecule has 0 radical (unpaired) electrons.